The number of rotatable bonds is 0. The summed E-state index contributed by atoms with van der Waals surface area (Å²) in [5.74, 6) is 0.384. The minimum absolute atomic E-state index is 0.163. The monoisotopic (exact) mass is 206 g/mol. The molecule has 0 saturated carbocycles. The lowest BCUT2D eigenvalue weighted by Crippen LogP contribution is -2.07. The summed E-state index contributed by atoms with van der Waals surface area (Å²) in [7, 11) is 0. The molecule has 14 heavy (non-hydrogen) atoms. The van der Waals surface area contributed by atoms with Gasteiger partial charge in [-0.1, -0.05) is 26.8 Å². The Balaban J connectivity index is 2.69. The van der Waals surface area contributed by atoms with Crippen LogP contribution >= 0.6 is 11.3 Å². The highest BCUT2D eigenvalue weighted by Crippen LogP contribution is 2.37. The van der Waals surface area contributed by atoms with E-state index in [1.807, 2.05) is 6.07 Å². The fraction of sp³-hybridized carbons (Fsp3) is 0.333. The summed E-state index contributed by atoms with van der Waals surface area (Å²) >= 11 is 1.76. The summed E-state index contributed by atoms with van der Waals surface area (Å²) in [6.07, 6.45) is 0. The topological polar surface area (TPSA) is 20.2 Å². The summed E-state index contributed by atoms with van der Waals surface area (Å²) in [6.45, 7) is 6.57. The van der Waals surface area contributed by atoms with Crippen LogP contribution in [0.2, 0.25) is 0 Å². The van der Waals surface area contributed by atoms with Crippen molar-refractivity contribution in [3.63, 3.8) is 0 Å². The molecule has 0 unspecified atom stereocenters. The molecule has 2 rings (SSSR count). The second-order valence-electron chi connectivity index (χ2n) is 4.55. The zero-order valence-electron chi connectivity index (χ0n) is 8.66. The quantitative estimate of drug-likeness (QED) is 0.693. The standard InChI is InChI=1S/C12H14OS/c1-12(2,3)11-7-8-9(13)5-4-6-10(8)14-11/h4-7,13H,1-3H3. The van der Waals surface area contributed by atoms with E-state index in [0.29, 0.717) is 5.75 Å². The number of fused-ring (bicyclic) bond motifs is 1. The maximum atomic E-state index is 9.66. The van der Waals surface area contributed by atoms with Crippen LogP contribution in [-0.2, 0) is 5.41 Å². The van der Waals surface area contributed by atoms with Crippen LogP contribution in [0.25, 0.3) is 10.1 Å². The maximum absolute atomic E-state index is 9.66. The van der Waals surface area contributed by atoms with Crippen LogP contribution in [-0.4, -0.2) is 5.11 Å². The van der Waals surface area contributed by atoms with E-state index in [4.69, 9.17) is 0 Å². The van der Waals surface area contributed by atoms with Crippen molar-refractivity contribution in [2.75, 3.05) is 0 Å². The van der Waals surface area contributed by atoms with Gasteiger partial charge >= 0.3 is 0 Å². The van der Waals surface area contributed by atoms with Crippen molar-refractivity contribution in [2.45, 2.75) is 26.2 Å². The van der Waals surface area contributed by atoms with E-state index >= 15 is 0 Å². The van der Waals surface area contributed by atoms with Gasteiger partial charge in [0.25, 0.3) is 0 Å². The van der Waals surface area contributed by atoms with E-state index < -0.39 is 0 Å². The second kappa shape index (κ2) is 2.99. The van der Waals surface area contributed by atoms with Crippen LogP contribution in [0.3, 0.4) is 0 Å². The van der Waals surface area contributed by atoms with E-state index in [1.165, 1.54) is 4.88 Å². The van der Waals surface area contributed by atoms with Crippen molar-refractivity contribution in [1.82, 2.24) is 0 Å². The molecule has 1 heterocycles. The molecule has 1 aromatic carbocycles. The first-order valence-electron chi connectivity index (χ1n) is 4.70. The van der Waals surface area contributed by atoms with Crippen LogP contribution in [0.4, 0.5) is 0 Å². The van der Waals surface area contributed by atoms with Gasteiger partial charge in [-0.05, 0) is 23.6 Å². The molecule has 0 amide bonds. The summed E-state index contributed by atoms with van der Waals surface area (Å²) in [5.41, 5.74) is 0.163. The zero-order valence-corrected chi connectivity index (χ0v) is 9.48. The Kier molecular flexibility index (Phi) is 2.04. The third-order valence-electron chi connectivity index (χ3n) is 2.28. The molecule has 2 heteroatoms. The van der Waals surface area contributed by atoms with E-state index in [-0.39, 0.29) is 5.41 Å². The van der Waals surface area contributed by atoms with Crippen LogP contribution in [0.5, 0.6) is 5.75 Å². The Bertz CT molecular complexity index is 463. The van der Waals surface area contributed by atoms with Gasteiger partial charge in [-0.3, -0.25) is 0 Å². The Morgan fingerprint density at radius 1 is 1.21 bits per heavy atom. The fourth-order valence-electron chi connectivity index (χ4n) is 1.42. The summed E-state index contributed by atoms with van der Waals surface area (Å²) < 4.78 is 1.16. The van der Waals surface area contributed by atoms with Crippen molar-refractivity contribution in [1.29, 1.82) is 0 Å². The molecule has 74 valence electrons. The molecule has 0 fully saturated rings. The SMILES string of the molecule is CC(C)(C)c1cc2c(O)cccc2s1. The molecular weight excluding hydrogens is 192 g/mol. The fourth-order valence-corrected chi connectivity index (χ4v) is 2.56. The molecule has 1 N–H and O–H groups in total. The van der Waals surface area contributed by atoms with Crippen LogP contribution < -0.4 is 0 Å². The first-order valence-corrected chi connectivity index (χ1v) is 5.52. The molecule has 0 spiro atoms. The van der Waals surface area contributed by atoms with Gasteiger partial charge in [0.05, 0.1) is 0 Å². The minimum Gasteiger partial charge on any atom is -0.507 e. The maximum Gasteiger partial charge on any atom is 0.124 e. The Hall–Kier alpha value is -1.02. The first kappa shape index (κ1) is 9.53. The summed E-state index contributed by atoms with van der Waals surface area (Å²) in [6, 6.07) is 7.77. The van der Waals surface area contributed by atoms with Gasteiger partial charge in [-0.15, -0.1) is 11.3 Å². The van der Waals surface area contributed by atoms with Gasteiger partial charge in [0.1, 0.15) is 5.75 Å². The van der Waals surface area contributed by atoms with E-state index in [9.17, 15) is 5.11 Å². The average molecular weight is 206 g/mol. The number of hydrogen-bond donors (Lipinski definition) is 1. The van der Waals surface area contributed by atoms with Crippen molar-refractivity contribution in [3.05, 3.63) is 29.1 Å². The number of phenols is 1. The number of aromatic hydroxyl groups is 1. The largest absolute Gasteiger partial charge is 0.507 e. The highest BCUT2D eigenvalue weighted by Gasteiger charge is 2.17. The molecule has 0 bridgehead atoms. The van der Waals surface area contributed by atoms with E-state index in [0.717, 1.165) is 10.1 Å². The van der Waals surface area contributed by atoms with Gasteiger partial charge < -0.3 is 5.11 Å². The molecule has 0 aliphatic heterocycles. The molecule has 2 aromatic rings. The zero-order chi connectivity index (χ0) is 10.3. The summed E-state index contributed by atoms with van der Waals surface area (Å²) in [4.78, 5) is 1.31. The minimum atomic E-state index is 0.163. The van der Waals surface area contributed by atoms with Gasteiger partial charge in [-0.2, -0.15) is 0 Å². The third-order valence-corrected chi connectivity index (χ3v) is 3.80. The molecule has 1 aromatic heterocycles. The van der Waals surface area contributed by atoms with Crippen LogP contribution in [0.15, 0.2) is 24.3 Å². The van der Waals surface area contributed by atoms with Crippen molar-refractivity contribution in [2.24, 2.45) is 0 Å². The van der Waals surface area contributed by atoms with Gasteiger partial charge in [0, 0.05) is 15.0 Å². The van der Waals surface area contributed by atoms with Crippen molar-refractivity contribution < 1.29 is 5.11 Å². The molecule has 0 radical (unpaired) electrons. The Morgan fingerprint density at radius 2 is 1.93 bits per heavy atom. The third kappa shape index (κ3) is 1.50. The van der Waals surface area contributed by atoms with Gasteiger partial charge in [0.15, 0.2) is 0 Å². The number of phenolic OH excluding ortho intramolecular Hbond substituents is 1. The number of thiophene rings is 1. The van der Waals surface area contributed by atoms with Crippen LogP contribution in [0, 0.1) is 0 Å². The highest BCUT2D eigenvalue weighted by molar-refractivity contribution is 7.19. The van der Waals surface area contributed by atoms with E-state index in [2.05, 4.69) is 32.9 Å². The molecule has 0 saturated heterocycles. The number of hydrogen-bond acceptors (Lipinski definition) is 2. The highest BCUT2D eigenvalue weighted by atomic mass is 32.1. The molecular formula is C12H14OS. The predicted molar refractivity (Wildman–Crippen MR) is 62.2 cm³/mol. The smallest absolute Gasteiger partial charge is 0.124 e. The predicted octanol–water partition coefficient (Wildman–Crippen LogP) is 3.90. The Morgan fingerprint density at radius 3 is 2.50 bits per heavy atom. The van der Waals surface area contributed by atoms with Crippen molar-refractivity contribution in [3.8, 4) is 5.75 Å². The van der Waals surface area contributed by atoms with Crippen molar-refractivity contribution >= 4 is 21.4 Å². The van der Waals surface area contributed by atoms with Gasteiger partial charge in [-0.25, -0.2) is 0 Å². The lowest BCUT2D eigenvalue weighted by atomic mass is 9.94. The lowest BCUT2D eigenvalue weighted by Gasteiger charge is -2.14. The number of benzene rings is 1. The molecule has 0 atom stereocenters. The molecule has 1 nitrogen and oxygen atoms in total. The van der Waals surface area contributed by atoms with E-state index in [1.54, 1.807) is 17.4 Å². The lowest BCUT2D eigenvalue weighted by molar-refractivity contribution is 0.481. The van der Waals surface area contributed by atoms with Crippen LogP contribution in [0.1, 0.15) is 25.6 Å². The average Bonchev–Trinajstić information content (AvgIpc) is 2.48. The molecule has 0 aliphatic rings. The Labute approximate surface area is 88.0 Å². The second-order valence-corrected chi connectivity index (χ2v) is 5.63. The van der Waals surface area contributed by atoms with Gasteiger partial charge in [0.2, 0.25) is 0 Å². The first-order chi connectivity index (χ1) is 6.48. The normalized spacial score (nSPS) is 12.2. The molecule has 0 aliphatic carbocycles. The summed E-state index contributed by atoms with van der Waals surface area (Å²) in [5, 5.41) is 10.6.